The van der Waals surface area contributed by atoms with Crippen molar-refractivity contribution in [2.24, 2.45) is 29.1 Å². The third-order valence-corrected chi connectivity index (χ3v) is 8.65. The van der Waals surface area contributed by atoms with Gasteiger partial charge in [0.2, 0.25) is 0 Å². The van der Waals surface area contributed by atoms with Crippen molar-refractivity contribution in [2.45, 2.75) is 112 Å². The zero-order valence-electron chi connectivity index (χ0n) is 21.0. The van der Waals surface area contributed by atoms with Crippen LogP contribution in [0.1, 0.15) is 106 Å². The second kappa shape index (κ2) is 10.5. The molecule has 0 heterocycles. The van der Waals surface area contributed by atoms with E-state index in [1.807, 2.05) is 0 Å². The van der Waals surface area contributed by atoms with Gasteiger partial charge in [-0.05, 0) is 85.7 Å². The lowest BCUT2D eigenvalue weighted by atomic mass is 9.62. The average Bonchev–Trinajstić information content (AvgIpc) is 3.05. The molecule has 3 aliphatic carbocycles. The van der Waals surface area contributed by atoms with Crippen LogP contribution in [0, 0.1) is 29.1 Å². The van der Waals surface area contributed by atoms with Crippen LogP contribution in [-0.4, -0.2) is 12.1 Å². The van der Waals surface area contributed by atoms with Crippen molar-refractivity contribution in [3.05, 3.63) is 34.9 Å². The van der Waals surface area contributed by atoms with Gasteiger partial charge in [0.25, 0.3) is 0 Å². The Bertz CT molecular complexity index is 725. The highest BCUT2D eigenvalue weighted by Crippen LogP contribution is 2.58. The number of carbonyl (C=O) groups excluding carboxylic acids is 1. The maximum Gasteiger partial charge on any atom is 0.302 e. The largest absolute Gasteiger partial charge is 0.462 e. The molecule has 2 heteroatoms. The molecule has 0 saturated heterocycles. The van der Waals surface area contributed by atoms with E-state index in [9.17, 15) is 4.79 Å². The summed E-state index contributed by atoms with van der Waals surface area (Å²) in [5.74, 6) is 3.09. The summed E-state index contributed by atoms with van der Waals surface area (Å²) >= 11 is 0. The fraction of sp³-hybridized carbons (Fsp3) is 0.759. The first-order valence-electron chi connectivity index (χ1n) is 12.9. The summed E-state index contributed by atoms with van der Waals surface area (Å²) in [5.41, 5.74) is 4.87. The van der Waals surface area contributed by atoms with Crippen LogP contribution in [0.3, 0.4) is 0 Å². The van der Waals surface area contributed by atoms with Gasteiger partial charge in [-0.25, -0.2) is 0 Å². The third-order valence-electron chi connectivity index (χ3n) is 8.65. The van der Waals surface area contributed by atoms with Crippen LogP contribution in [0.2, 0.25) is 0 Å². The molecule has 0 aliphatic heterocycles. The molecule has 0 aromatic carbocycles. The molecule has 5 atom stereocenters. The molecule has 0 unspecified atom stereocenters. The molecule has 1 fully saturated rings. The summed E-state index contributed by atoms with van der Waals surface area (Å²) in [5, 5.41) is 0. The van der Waals surface area contributed by atoms with Gasteiger partial charge in [0.05, 0.1) is 0 Å². The zero-order chi connectivity index (χ0) is 22.6. The van der Waals surface area contributed by atoms with E-state index in [0.717, 1.165) is 37.0 Å². The Morgan fingerprint density at radius 2 is 1.97 bits per heavy atom. The molecule has 174 valence electrons. The molecular formula is C29H46O2. The van der Waals surface area contributed by atoms with Crippen LogP contribution in [0.5, 0.6) is 0 Å². The number of allylic oxidation sites excluding steroid dienone is 5. The highest BCUT2D eigenvalue weighted by molar-refractivity contribution is 5.66. The minimum atomic E-state index is -0.154. The van der Waals surface area contributed by atoms with Crippen LogP contribution in [0.15, 0.2) is 34.9 Å². The molecule has 2 nitrogen and oxygen atoms in total. The summed E-state index contributed by atoms with van der Waals surface area (Å²) in [6.45, 7) is 13.6. The smallest absolute Gasteiger partial charge is 0.302 e. The molecule has 1 saturated carbocycles. The Hall–Kier alpha value is -1.31. The number of hydrogen-bond acceptors (Lipinski definition) is 2. The molecule has 0 N–H and O–H groups in total. The summed E-state index contributed by atoms with van der Waals surface area (Å²) < 4.78 is 5.51. The van der Waals surface area contributed by atoms with E-state index in [-0.39, 0.29) is 12.1 Å². The lowest BCUT2D eigenvalue weighted by molar-refractivity contribution is -0.146. The lowest BCUT2D eigenvalue weighted by Gasteiger charge is -2.43. The Balaban J connectivity index is 1.66. The molecule has 0 amide bonds. The van der Waals surface area contributed by atoms with Gasteiger partial charge < -0.3 is 4.74 Å². The maximum atomic E-state index is 11.4. The van der Waals surface area contributed by atoms with Gasteiger partial charge in [-0.2, -0.15) is 0 Å². The molecule has 0 aromatic rings. The second-order valence-corrected chi connectivity index (χ2v) is 11.4. The summed E-state index contributed by atoms with van der Waals surface area (Å²) in [7, 11) is 0. The van der Waals surface area contributed by atoms with E-state index < -0.39 is 0 Å². The van der Waals surface area contributed by atoms with Gasteiger partial charge in [0, 0.05) is 13.3 Å². The molecule has 0 spiro atoms. The average molecular weight is 427 g/mol. The first kappa shape index (κ1) is 24.3. The Morgan fingerprint density at radius 3 is 2.68 bits per heavy atom. The first-order chi connectivity index (χ1) is 14.7. The molecule has 0 bridgehead atoms. The van der Waals surface area contributed by atoms with Crippen LogP contribution < -0.4 is 0 Å². The molecule has 0 radical (unpaired) electrons. The Morgan fingerprint density at radius 1 is 1.19 bits per heavy atom. The van der Waals surface area contributed by atoms with E-state index >= 15 is 0 Å². The molecule has 3 rings (SSSR count). The normalized spacial score (nSPS) is 32.4. The summed E-state index contributed by atoms with van der Waals surface area (Å²) in [6.07, 6.45) is 19.7. The number of fused-ring (bicyclic) bond motifs is 1. The zero-order valence-corrected chi connectivity index (χ0v) is 21.0. The van der Waals surface area contributed by atoms with Crippen molar-refractivity contribution in [1.82, 2.24) is 0 Å². The van der Waals surface area contributed by atoms with Gasteiger partial charge >= 0.3 is 5.97 Å². The van der Waals surface area contributed by atoms with Crippen LogP contribution in [0.25, 0.3) is 0 Å². The number of esters is 1. The van der Waals surface area contributed by atoms with Gasteiger partial charge in [0.1, 0.15) is 6.10 Å². The lowest BCUT2D eigenvalue weighted by Crippen LogP contribution is -2.35. The van der Waals surface area contributed by atoms with Gasteiger partial charge in [-0.1, -0.05) is 70.8 Å². The minimum absolute atomic E-state index is 0.0500. The van der Waals surface area contributed by atoms with Crippen LogP contribution in [0.4, 0.5) is 0 Å². The van der Waals surface area contributed by atoms with E-state index in [0.29, 0.717) is 11.3 Å². The van der Waals surface area contributed by atoms with Crippen LogP contribution in [-0.2, 0) is 9.53 Å². The fourth-order valence-corrected chi connectivity index (χ4v) is 6.83. The van der Waals surface area contributed by atoms with E-state index in [2.05, 4.69) is 52.8 Å². The summed E-state index contributed by atoms with van der Waals surface area (Å²) in [4.78, 5) is 11.4. The second-order valence-electron chi connectivity index (χ2n) is 11.4. The Labute approximate surface area is 191 Å². The van der Waals surface area contributed by atoms with E-state index in [1.54, 1.807) is 5.57 Å². The first-order valence-corrected chi connectivity index (χ1v) is 12.9. The minimum Gasteiger partial charge on any atom is -0.462 e. The van der Waals surface area contributed by atoms with Crippen molar-refractivity contribution in [3.8, 4) is 0 Å². The van der Waals surface area contributed by atoms with Gasteiger partial charge in [-0.3, -0.25) is 4.79 Å². The standard InChI is InChI=1S/C29H46O2/c1-20(2)9-7-10-22(4)27-16-17-28-24(11-8-18-29(27,28)6)13-14-25-19-26(31-23(5)30)15-12-21(25)3/h11,13-14,20,22,26-28H,7-10,12,15-19H2,1-6H3/b14-13-/t22-,26+,27-,28+,29-/m1/s1. The Kier molecular flexibility index (Phi) is 8.27. The van der Waals surface area contributed by atoms with Crippen molar-refractivity contribution in [3.63, 3.8) is 0 Å². The fourth-order valence-electron chi connectivity index (χ4n) is 6.83. The number of carbonyl (C=O) groups is 1. The van der Waals surface area contributed by atoms with Crippen molar-refractivity contribution < 1.29 is 9.53 Å². The van der Waals surface area contributed by atoms with Crippen molar-refractivity contribution in [1.29, 1.82) is 0 Å². The highest BCUT2D eigenvalue weighted by Gasteiger charge is 2.49. The number of hydrogen-bond donors (Lipinski definition) is 0. The molecule has 0 aromatic heterocycles. The predicted octanol–water partition coefficient (Wildman–Crippen LogP) is 8.19. The van der Waals surface area contributed by atoms with Crippen molar-refractivity contribution >= 4 is 5.97 Å². The predicted molar refractivity (Wildman–Crippen MR) is 131 cm³/mol. The number of ether oxygens (including phenoxy) is 1. The monoisotopic (exact) mass is 426 g/mol. The quantitative estimate of drug-likeness (QED) is 0.366. The van der Waals surface area contributed by atoms with Crippen molar-refractivity contribution in [2.75, 3.05) is 0 Å². The van der Waals surface area contributed by atoms with E-state index in [4.69, 9.17) is 4.74 Å². The molecule has 31 heavy (non-hydrogen) atoms. The topological polar surface area (TPSA) is 26.3 Å². The SMILES string of the molecule is CC(=O)O[C@H]1CCC(C)=C(/C=C\C2=CCC[C@]3(C)[C@@H]([C@H](C)CCCC(C)C)CC[C@@H]23)C1. The van der Waals surface area contributed by atoms with Gasteiger partial charge in [0.15, 0.2) is 0 Å². The summed E-state index contributed by atoms with van der Waals surface area (Å²) in [6, 6.07) is 0. The third kappa shape index (κ3) is 5.93. The van der Waals surface area contributed by atoms with Gasteiger partial charge in [-0.15, -0.1) is 0 Å². The van der Waals surface area contributed by atoms with E-state index in [1.165, 1.54) is 63.0 Å². The number of rotatable bonds is 8. The van der Waals surface area contributed by atoms with Crippen LogP contribution >= 0.6 is 0 Å². The molecule has 3 aliphatic rings. The maximum absolute atomic E-state index is 11.4. The highest BCUT2D eigenvalue weighted by atomic mass is 16.5. The molecular weight excluding hydrogens is 380 g/mol.